The molecule has 3 aromatic rings. The maximum Gasteiger partial charge on any atom is 0.299 e. The quantitative estimate of drug-likeness (QED) is 0.631. The average Bonchev–Trinajstić information content (AvgIpc) is 3.31. The molecular weight excluding hydrogens is 356 g/mol. The van der Waals surface area contributed by atoms with E-state index in [0.717, 1.165) is 38.8 Å². The second-order valence-corrected chi connectivity index (χ2v) is 7.46. The zero-order chi connectivity index (χ0) is 19.3. The van der Waals surface area contributed by atoms with Gasteiger partial charge in [0.05, 0.1) is 6.20 Å². The Morgan fingerprint density at radius 1 is 1.43 bits per heavy atom. The molecule has 3 aromatic heterocycles. The lowest BCUT2D eigenvalue weighted by Crippen LogP contribution is -2.38. The Hall–Kier alpha value is -2.90. The monoisotopic (exact) mass is 382 g/mol. The number of pyridine rings is 1. The van der Waals surface area contributed by atoms with Gasteiger partial charge in [0.2, 0.25) is 11.6 Å². The van der Waals surface area contributed by atoms with Crippen LogP contribution in [-0.4, -0.2) is 45.3 Å². The minimum atomic E-state index is 0.122. The van der Waals surface area contributed by atoms with Crippen LogP contribution in [0.15, 0.2) is 35.1 Å². The molecule has 8 nitrogen and oxygen atoms in total. The molecule has 0 spiro atoms. The zero-order valence-corrected chi connectivity index (χ0v) is 16.2. The molecule has 1 atom stereocenters. The summed E-state index contributed by atoms with van der Waals surface area (Å²) in [6.45, 7) is 2.38. The van der Waals surface area contributed by atoms with Crippen LogP contribution in [0.25, 0.3) is 11.2 Å². The third-order valence-electron chi connectivity index (χ3n) is 5.14. The second-order valence-electron chi connectivity index (χ2n) is 7.46. The average molecular weight is 382 g/mol. The number of hydrogen-bond donors (Lipinski definition) is 1. The van der Waals surface area contributed by atoms with Crippen LogP contribution in [0, 0.1) is 5.92 Å². The highest BCUT2D eigenvalue weighted by atomic mass is 16.4. The zero-order valence-electron chi connectivity index (χ0n) is 16.2. The van der Waals surface area contributed by atoms with Crippen LogP contribution in [0.1, 0.15) is 31.2 Å². The van der Waals surface area contributed by atoms with E-state index in [1.807, 2.05) is 31.6 Å². The van der Waals surface area contributed by atoms with Gasteiger partial charge in [-0.2, -0.15) is 10.1 Å². The predicted molar refractivity (Wildman–Crippen MR) is 106 cm³/mol. The fourth-order valence-electron chi connectivity index (χ4n) is 3.75. The van der Waals surface area contributed by atoms with Crippen LogP contribution >= 0.6 is 0 Å². The maximum absolute atomic E-state index is 12.3. The highest BCUT2D eigenvalue weighted by Gasteiger charge is 2.25. The number of piperidine rings is 1. The first-order chi connectivity index (χ1) is 13.7. The van der Waals surface area contributed by atoms with Crippen molar-refractivity contribution < 1.29 is 9.21 Å². The molecule has 0 aromatic carbocycles. The number of aryl methyl sites for hydroxylation is 2. The molecule has 0 bridgehead atoms. The number of aromatic nitrogens is 4. The van der Waals surface area contributed by atoms with Crippen LogP contribution in [0.4, 0.5) is 6.01 Å². The van der Waals surface area contributed by atoms with Crippen molar-refractivity contribution in [2.45, 2.75) is 32.1 Å². The van der Waals surface area contributed by atoms with Crippen molar-refractivity contribution in [2.24, 2.45) is 13.0 Å². The normalized spacial score (nSPS) is 17.2. The lowest BCUT2D eigenvalue weighted by molar-refractivity contribution is -0.122. The molecule has 1 unspecified atom stereocenters. The Balaban J connectivity index is 1.23. The van der Waals surface area contributed by atoms with E-state index in [1.165, 1.54) is 5.56 Å². The summed E-state index contributed by atoms with van der Waals surface area (Å²) in [6.07, 6.45) is 10.1. The van der Waals surface area contributed by atoms with Crippen molar-refractivity contribution >= 4 is 23.2 Å². The second kappa shape index (κ2) is 8.41. The van der Waals surface area contributed by atoms with E-state index in [1.54, 1.807) is 10.9 Å². The Morgan fingerprint density at radius 3 is 3.18 bits per heavy atom. The predicted octanol–water partition coefficient (Wildman–Crippen LogP) is 2.31. The van der Waals surface area contributed by atoms with Crippen LogP contribution in [0.3, 0.4) is 0 Å². The first kappa shape index (κ1) is 18.5. The van der Waals surface area contributed by atoms with E-state index in [4.69, 9.17) is 4.42 Å². The summed E-state index contributed by atoms with van der Waals surface area (Å²) in [4.78, 5) is 23.2. The van der Waals surface area contributed by atoms with E-state index in [-0.39, 0.29) is 5.91 Å². The van der Waals surface area contributed by atoms with Crippen LogP contribution < -0.4 is 10.2 Å². The van der Waals surface area contributed by atoms with Crippen molar-refractivity contribution in [3.63, 3.8) is 0 Å². The smallest absolute Gasteiger partial charge is 0.299 e. The molecule has 0 aliphatic carbocycles. The van der Waals surface area contributed by atoms with Crippen molar-refractivity contribution in [3.05, 3.63) is 36.3 Å². The van der Waals surface area contributed by atoms with E-state index >= 15 is 0 Å². The molecule has 0 radical (unpaired) electrons. The number of oxazole rings is 1. The third-order valence-corrected chi connectivity index (χ3v) is 5.14. The Morgan fingerprint density at radius 2 is 2.36 bits per heavy atom. The van der Waals surface area contributed by atoms with Crippen molar-refractivity contribution in [2.75, 3.05) is 24.5 Å². The molecule has 4 heterocycles. The summed E-state index contributed by atoms with van der Waals surface area (Å²) < 4.78 is 7.63. The van der Waals surface area contributed by atoms with E-state index < -0.39 is 0 Å². The maximum atomic E-state index is 12.3. The van der Waals surface area contributed by atoms with E-state index in [0.29, 0.717) is 36.1 Å². The molecule has 0 saturated carbocycles. The fourth-order valence-corrected chi connectivity index (χ4v) is 3.75. The Kier molecular flexibility index (Phi) is 5.55. The van der Waals surface area contributed by atoms with Crippen molar-refractivity contribution in [3.8, 4) is 0 Å². The molecule has 1 fully saturated rings. The first-order valence-corrected chi connectivity index (χ1v) is 9.88. The molecule has 1 amide bonds. The molecule has 1 aliphatic heterocycles. The van der Waals surface area contributed by atoms with Gasteiger partial charge in [0.25, 0.3) is 6.01 Å². The number of amides is 1. The number of nitrogens with one attached hydrogen (secondary N) is 1. The minimum Gasteiger partial charge on any atom is -0.422 e. The third kappa shape index (κ3) is 4.49. The molecule has 1 N–H and O–H groups in total. The van der Waals surface area contributed by atoms with Gasteiger partial charge in [0.15, 0.2) is 5.58 Å². The molecule has 148 valence electrons. The summed E-state index contributed by atoms with van der Waals surface area (Å²) in [7, 11) is 1.91. The molecule has 28 heavy (non-hydrogen) atoms. The molecular formula is C20H26N6O2. The van der Waals surface area contributed by atoms with Gasteiger partial charge in [-0.15, -0.1) is 0 Å². The number of anilines is 1. The number of fused-ring (bicyclic) bond motifs is 1. The molecule has 4 rings (SSSR count). The van der Waals surface area contributed by atoms with Crippen LogP contribution in [0.2, 0.25) is 0 Å². The highest BCUT2D eigenvalue weighted by molar-refractivity contribution is 5.76. The number of hydrogen-bond acceptors (Lipinski definition) is 6. The van der Waals surface area contributed by atoms with Crippen molar-refractivity contribution in [1.29, 1.82) is 0 Å². The SMILES string of the molecule is Cn1cc(CCCNC(=O)CC2CCCN(c3nc4ncccc4o3)C2)cn1. The number of carbonyl (C=O) groups excluding carboxylic acids is 1. The van der Waals surface area contributed by atoms with Gasteiger partial charge >= 0.3 is 0 Å². The standard InChI is InChI=1S/C20H26N6O2/c1-25-13-16(12-23-25)5-2-8-21-18(27)11-15-6-4-10-26(14-15)20-24-19-17(28-20)7-3-9-22-19/h3,7,9,12-13,15H,2,4-6,8,10-11,14H2,1H3,(H,21,27). The van der Waals surface area contributed by atoms with E-state index in [2.05, 4.69) is 25.3 Å². The lowest BCUT2D eigenvalue weighted by atomic mass is 9.94. The fraction of sp³-hybridized carbons (Fsp3) is 0.500. The number of rotatable bonds is 7. The van der Waals surface area contributed by atoms with Gasteiger partial charge in [-0.1, -0.05) is 0 Å². The van der Waals surface area contributed by atoms with E-state index in [9.17, 15) is 4.79 Å². The van der Waals surface area contributed by atoms with Gasteiger partial charge in [-0.3, -0.25) is 9.48 Å². The van der Waals surface area contributed by atoms with Crippen molar-refractivity contribution in [1.82, 2.24) is 25.1 Å². The Labute approximate surface area is 163 Å². The summed E-state index contributed by atoms with van der Waals surface area (Å²) in [5.41, 5.74) is 2.53. The van der Waals surface area contributed by atoms with Gasteiger partial charge in [-0.25, -0.2) is 4.98 Å². The summed E-state index contributed by atoms with van der Waals surface area (Å²) in [6, 6.07) is 4.32. The number of carbonyl (C=O) groups is 1. The first-order valence-electron chi connectivity index (χ1n) is 9.88. The van der Waals surface area contributed by atoms with Gasteiger partial charge in [-0.05, 0) is 49.3 Å². The molecule has 1 aliphatic rings. The minimum absolute atomic E-state index is 0.122. The van der Waals surface area contributed by atoms with Gasteiger partial charge < -0.3 is 14.6 Å². The lowest BCUT2D eigenvalue weighted by Gasteiger charge is -2.31. The summed E-state index contributed by atoms with van der Waals surface area (Å²) in [5, 5.41) is 7.21. The number of nitrogens with zero attached hydrogens (tertiary/aromatic N) is 5. The van der Waals surface area contributed by atoms with Gasteiger partial charge in [0, 0.05) is 45.5 Å². The largest absolute Gasteiger partial charge is 0.422 e. The summed E-state index contributed by atoms with van der Waals surface area (Å²) >= 11 is 0. The summed E-state index contributed by atoms with van der Waals surface area (Å²) in [5.74, 6) is 0.437. The Bertz CT molecular complexity index is 901. The van der Waals surface area contributed by atoms with Crippen LogP contribution in [-0.2, 0) is 18.3 Å². The highest BCUT2D eigenvalue weighted by Crippen LogP contribution is 2.26. The van der Waals surface area contributed by atoms with Crippen LogP contribution in [0.5, 0.6) is 0 Å². The molecule has 1 saturated heterocycles. The van der Waals surface area contributed by atoms with Gasteiger partial charge in [0.1, 0.15) is 0 Å². The topological polar surface area (TPSA) is 89.1 Å². The molecule has 8 heteroatoms.